The van der Waals surface area contributed by atoms with Crippen molar-refractivity contribution in [2.75, 3.05) is 31.2 Å². The summed E-state index contributed by atoms with van der Waals surface area (Å²) in [4.78, 5) is 29.6. The molecule has 1 aromatic heterocycles. The van der Waals surface area contributed by atoms with Gasteiger partial charge >= 0.3 is 0 Å². The molecule has 0 radical (unpaired) electrons. The van der Waals surface area contributed by atoms with Crippen molar-refractivity contribution in [3.63, 3.8) is 0 Å². The average molecular weight is 505 g/mol. The minimum atomic E-state index is -0.0530. The van der Waals surface area contributed by atoms with Gasteiger partial charge in [0.05, 0.1) is 12.7 Å². The van der Waals surface area contributed by atoms with Crippen molar-refractivity contribution < 1.29 is 19.1 Å². The summed E-state index contributed by atoms with van der Waals surface area (Å²) in [5.41, 5.74) is 3.68. The highest BCUT2D eigenvalue weighted by Crippen LogP contribution is 2.25. The van der Waals surface area contributed by atoms with Gasteiger partial charge in [0.25, 0.3) is 5.91 Å². The molecule has 2 amide bonds. The molecule has 36 heavy (non-hydrogen) atoms. The monoisotopic (exact) mass is 504 g/mol. The molecule has 5 rings (SSSR count). The molecule has 0 N–H and O–H groups in total. The molecule has 0 bridgehead atoms. The van der Waals surface area contributed by atoms with Crippen molar-refractivity contribution in [2.24, 2.45) is 0 Å². The second-order valence-electron chi connectivity index (χ2n) is 9.40. The van der Waals surface area contributed by atoms with E-state index in [0.29, 0.717) is 38.2 Å². The third kappa shape index (κ3) is 6.15. The van der Waals surface area contributed by atoms with Gasteiger partial charge in [-0.15, -0.1) is 0 Å². The van der Waals surface area contributed by atoms with E-state index in [9.17, 15) is 9.59 Å². The number of carbonyl (C=O) groups is 2. The molecule has 1 unspecified atom stereocenters. The lowest BCUT2D eigenvalue weighted by atomic mass is 10.1. The van der Waals surface area contributed by atoms with Gasteiger partial charge < -0.3 is 19.3 Å². The maximum atomic E-state index is 13.7. The summed E-state index contributed by atoms with van der Waals surface area (Å²) in [6, 6.07) is 17.5. The van der Waals surface area contributed by atoms with E-state index in [4.69, 9.17) is 9.47 Å². The lowest BCUT2D eigenvalue weighted by molar-refractivity contribution is -0.117. The molecule has 3 heterocycles. The molecule has 1 atom stereocenters. The third-order valence-corrected chi connectivity index (χ3v) is 7.46. The van der Waals surface area contributed by atoms with Gasteiger partial charge in [-0.3, -0.25) is 9.59 Å². The van der Waals surface area contributed by atoms with E-state index in [1.165, 1.54) is 5.56 Å². The number of amides is 2. The molecule has 188 valence electrons. The number of ether oxygens (including phenoxy) is 2. The number of rotatable bonds is 10. The SMILES string of the molecule is O=C(c1cccc(N2CCCC2=O)c1)N(Cc1cccc(OCCc2ccsc2)c1)CC1CCCO1. The Morgan fingerprint density at radius 2 is 2.03 bits per heavy atom. The van der Waals surface area contributed by atoms with Gasteiger partial charge in [0, 0.05) is 50.3 Å². The molecule has 6 nitrogen and oxygen atoms in total. The van der Waals surface area contributed by atoms with Crippen molar-refractivity contribution in [2.45, 2.75) is 44.8 Å². The van der Waals surface area contributed by atoms with E-state index in [1.54, 1.807) is 16.2 Å². The van der Waals surface area contributed by atoms with Crippen LogP contribution in [0.5, 0.6) is 5.75 Å². The van der Waals surface area contributed by atoms with Gasteiger partial charge in [0.1, 0.15) is 5.75 Å². The molecule has 2 fully saturated rings. The predicted octanol–water partition coefficient (Wildman–Crippen LogP) is 5.32. The van der Waals surface area contributed by atoms with Crippen molar-refractivity contribution in [3.05, 3.63) is 82.0 Å². The maximum Gasteiger partial charge on any atom is 0.254 e. The summed E-state index contributed by atoms with van der Waals surface area (Å²) in [7, 11) is 0. The van der Waals surface area contributed by atoms with Crippen LogP contribution in [0.15, 0.2) is 65.4 Å². The first-order valence-corrected chi connectivity index (χ1v) is 13.6. The number of nitrogens with zero attached hydrogens (tertiary/aromatic N) is 2. The minimum Gasteiger partial charge on any atom is -0.493 e. The smallest absolute Gasteiger partial charge is 0.254 e. The highest BCUT2D eigenvalue weighted by molar-refractivity contribution is 7.07. The van der Waals surface area contributed by atoms with E-state index in [1.807, 2.05) is 53.4 Å². The number of benzene rings is 2. The molecule has 2 aliphatic rings. The lowest BCUT2D eigenvalue weighted by Crippen LogP contribution is -2.37. The fraction of sp³-hybridized carbons (Fsp3) is 0.379. The average Bonchev–Trinajstić information content (AvgIpc) is 3.68. The van der Waals surface area contributed by atoms with Gasteiger partial charge in [-0.1, -0.05) is 18.2 Å². The second-order valence-corrected chi connectivity index (χ2v) is 10.2. The standard InChI is InChI=1S/C29H32N2O4S/c32-28-10-3-13-31(28)25-7-2-6-24(18-25)29(33)30(20-27-9-4-14-34-27)19-23-5-1-8-26(17-23)35-15-11-22-12-16-36-21-22/h1-2,5-8,12,16-18,21,27H,3-4,9-11,13-15,19-20H2. The molecular weight excluding hydrogens is 472 g/mol. The Hall–Kier alpha value is -3.16. The molecule has 0 aliphatic carbocycles. The second kappa shape index (κ2) is 11.7. The zero-order valence-electron chi connectivity index (χ0n) is 20.4. The molecular formula is C29H32N2O4S. The number of carbonyl (C=O) groups excluding carboxylic acids is 2. The number of hydrogen-bond acceptors (Lipinski definition) is 5. The van der Waals surface area contributed by atoms with Crippen LogP contribution in [0.25, 0.3) is 0 Å². The minimum absolute atomic E-state index is 0.0438. The molecule has 0 spiro atoms. The zero-order valence-corrected chi connectivity index (χ0v) is 21.3. The zero-order chi connectivity index (χ0) is 24.7. The Kier molecular flexibility index (Phi) is 7.98. The van der Waals surface area contributed by atoms with Crippen LogP contribution in [0.3, 0.4) is 0 Å². The van der Waals surface area contributed by atoms with Crippen molar-refractivity contribution in [1.82, 2.24) is 4.90 Å². The van der Waals surface area contributed by atoms with E-state index in [-0.39, 0.29) is 17.9 Å². The first kappa shape index (κ1) is 24.5. The Labute approximate surface area is 216 Å². The summed E-state index contributed by atoms with van der Waals surface area (Å²) in [6.07, 6.45) is 4.31. The van der Waals surface area contributed by atoms with Gasteiger partial charge in [-0.05, 0) is 77.5 Å². The number of hydrogen-bond donors (Lipinski definition) is 0. The first-order chi connectivity index (χ1) is 17.7. The fourth-order valence-corrected chi connectivity index (χ4v) is 5.54. The van der Waals surface area contributed by atoms with Gasteiger partial charge in [0.2, 0.25) is 5.91 Å². The van der Waals surface area contributed by atoms with Crippen molar-refractivity contribution >= 4 is 28.8 Å². The van der Waals surface area contributed by atoms with Crippen LogP contribution in [0.4, 0.5) is 5.69 Å². The third-order valence-electron chi connectivity index (χ3n) is 6.72. The van der Waals surface area contributed by atoms with Crippen molar-refractivity contribution in [1.29, 1.82) is 0 Å². The Morgan fingerprint density at radius 1 is 1.11 bits per heavy atom. The lowest BCUT2D eigenvalue weighted by Gasteiger charge is -2.26. The quantitative estimate of drug-likeness (QED) is 0.375. The summed E-state index contributed by atoms with van der Waals surface area (Å²) in [5.74, 6) is 0.871. The van der Waals surface area contributed by atoms with E-state index >= 15 is 0 Å². The topological polar surface area (TPSA) is 59.1 Å². The predicted molar refractivity (Wildman–Crippen MR) is 142 cm³/mol. The van der Waals surface area contributed by atoms with Gasteiger partial charge in [-0.25, -0.2) is 0 Å². The first-order valence-electron chi connectivity index (χ1n) is 12.7. The van der Waals surface area contributed by atoms with E-state index < -0.39 is 0 Å². The Bertz CT molecular complexity index is 1170. The van der Waals surface area contributed by atoms with Gasteiger partial charge in [0.15, 0.2) is 0 Å². The van der Waals surface area contributed by atoms with Crippen LogP contribution in [-0.4, -0.2) is 49.1 Å². The number of anilines is 1. The van der Waals surface area contributed by atoms with Crippen LogP contribution >= 0.6 is 11.3 Å². The van der Waals surface area contributed by atoms with E-state index in [0.717, 1.165) is 49.3 Å². The molecule has 7 heteroatoms. The van der Waals surface area contributed by atoms with Crippen LogP contribution in [0.1, 0.15) is 47.2 Å². The van der Waals surface area contributed by atoms with Gasteiger partial charge in [-0.2, -0.15) is 11.3 Å². The molecule has 2 aliphatic heterocycles. The van der Waals surface area contributed by atoms with Crippen molar-refractivity contribution in [3.8, 4) is 5.75 Å². The summed E-state index contributed by atoms with van der Waals surface area (Å²) in [6.45, 7) is 3.06. The maximum absolute atomic E-state index is 13.7. The Balaban J connectivity index is 1.30. The summed E-state index contributed by atoms with van der Waals surface area (Å²) >= 11 is 1.69. The number of thiophene rings is 1. The van der Waals surface area contributed by atoms with Crippen LogP contribution < -0.4 is 9.64 Å². The van der Waals surface area contributed by atoms with Crippen LogP contribution in [-0.2, 0) is 22.5 Å². The summed E-state index contributed by atoms with van der Waals surface area (Å²) < 4.78 is 11.9. The summed E-state index contributed by atoms with van der Waals surface area (Å²) in [5, 5.41) is 4.22. The fourth-order valence-electron chi connectivity index (χ4n) is 4.84. The Morgan fingerprint density at radius 3 is 2.81 bits per heavy atom. The molecule has 3 aromatic rings. The molecule has 2 aromatic carbocycles. The molecule has 2 saturated heterocycles. The molecule has 0 saturated carbocycles. The highest BCUT2D eigenvalue weighted by Gasteiger charge is 2.26. The largest absolute Gasteiger partial charge is 0.493 e. The normalized spacial score (nSPS) is 17.5. The van der Waals surface area contributed by atoms with Crippen LogP contribution in [0.2, 0.25) is 0 Å². The van der Waals surface area contributed by atoms with E-state index in [2.05, 4.69) is 16.8 Å². The van der Waals surface area contributed by atoms with Crippen LogP contribution in [0, 0.1) is 0 Å². The highest BCUT2D eigenvalue weighted by atomic mass is 32.1.